The maximum atomic E-state index is 4.92. The van der Waals surface area contributed by atoms with Crippen LogP contribution >= 0.6 is 0 Å². The van der Waals surface area contributed by atoms with E-state index in [0.717, 1.165) is 35.3 Å². The number of aryl methyl sites for hydroxylation is 4. The molecule has 3 aromatic rings. The third-order valence-electron chi connectivity index (χ3n) is 5.21. The van der Waals surface area contributed by atoms with Crippen molar-refractivity contribution >= 4 is 23.8 Å². The molecule has 0 spiro atoms. The smallest absolute Gasteiger partial charge is 0.0715 e. The molecule has 0 saturated carbocycles. The standard InChI is InChI=1S/C27H30N2/c1-6-24-16-21(5)26(28-17-22-12-8-19(3)9-13-22)25(7-2)27(24)29-18-23-14-10-20(4)11-15-23/h8-18H,6-7H2,1-5H3/b28-17+,29-18+. The molecule has 2 nitrogen and oxygen atoms in total. The molecule has 0 atom stereocenters. The van der Waals surface area contributed by atoms with Crippen LogP contribution in [0.2, 0.25) is 0 Å². The highest BCUT2D eigenvalue weighted by Gasteiger charge is 2.13. The fourth-order valence-electron chi connectivity index (χ4n) is 3.47. The summed E-state index contributed by atoms with van der Waals surface area (Å²) in [6.07, 6.45) is 5.78. The molecule has 0 N–H and O–H groups in total. The first-order valence-corrected chi connectivity index (χ1v) is 10.4. The van der Waals surface area contributed by atoms with Crippen LogP contribution in [0.1, 0.15) is 52.8 Å². The van der Waals surface area contributed by atoms with Crippen molar-refractivity contribution in [2.75, 3.05) is 0 Å². The maximum Gasteiger partial charge on any atom is 0.0715 e. The van der Waals surface area contributed by atoms with E-state index in [1.807, 2.05) is 12.4 Å². The Kier molecular flexibility index (Phi) is 6.77. The van der Waals surface area contributed by atoms with Gasteiger partial charge in [-0.2, -0.15) is 0 Å². The molecular weight excluding hydrogens is 352 g/mol. The molecule has 0 unspecified atom stereocenters. The molecule has 3 rings (SSSR count). The van der Waals surface area contributed by atoms with Gasteiger partial charge in [-0.25, -0.2) is 0 Å². The van der Waals surface area contributed by atoms with Gasteiger partial charge in [0.15, 0.2) is 0 Å². The number of nitrogens with zero attached hydrogens (tertiary/aromatic N) is 2. The molecule has 0 aliphatic carbocycles. The third kappa shape index (κ3) is 5.08. The summed E-state index contributed by atoms with van der Waals surface area (Å²) in [5.41, 5.74) is 10.5. The summed E-state index contributed by atoms with van der Waals surface area (Å²) in [4.78, 5) is 9.80. The highest BCUT2D eigenvalue weighted by atomic mass is 14.8. The minimum absolute atomic E-state index is 0.899. The van der Waals surface area contributed by atoms with Crippen molar-refractivity contribution in [2.24, 2.45) is 9.98 Å². The second-order valence-corrected chi connectivity index (χ2v) is 7.57. The molecule has 0 aromatic heterocycles. The van der Waals surface area contributed by atoms with Gasteiger partial charge >= 0.3 is 0 Å². The number of hydrogen-bond acceptors (Lipinski definition) is 2. The molecule has 0 fully saturated rings. The summed E-state index contributed by atoms with van der Waals surface area (Å²) in [6, 6.07) is 19.2. The lowest BCUT2D eigenvalue weighted by Crippen LogP contribution is -1.95. The van der Waals surface area contributed by atoms with Crippen molar-refractivity contribution in [3.63, 3.8) is 0 Å². The van der Waals surface area contributed by atoms with Crippen molar-refractivity contribution in [1.29, 1.82) is 0 Å². The van der Waals surface area contributed by atoms with Crippen LogP contribution in [0.5, 0.6) is 0 Å². The Bertz CT molecular complexity index is 1020. The first-order valence-electron chi connectivity index (χ1n) is 10.4. The van der Waals surface area contributed by atoms with Gasteiger partial charge in [0, 0.05) is 18.0 Å². The molecule has 0 radical (unpaired) electrons. The highest BCUT2D eigenvalue weighted by Crippen LogP contribution is 2.36. The lowest BCUT2D eigenvalue weighted by atomic mass is 9.97. The molecule has 0 aliphatic heterocycles. The van der Waals surface area contributed by atoms with Gasteiger partial charge in [0.1, 0.15) is 0 Å². The van der Waals surface area contributed by atoms with E-state index in [4.69, 9.17) is 9.98 Å². The number of rotatable bonds is 6. The van der Waals surface area contributed by atoms with Crippen LogP contribution < -0.4 is 0 Å². The van der Waals surface area contributed by atoms with Crippen LogP contribution in [-0.4, -0.2) is 12.4 Å². The second kappa shape index (κ2) is 9.47. The lowest BCUT2D eigenvalue weighted by molar-refractivity contribution is 1.07. The molecule has 2 heteroatoms. The van der Waals surface area contributed by atoms with Crippen LogP contribution in [0.25, 0.3) is 0 Å². The average Bonchev–Trinajstić information content (AvgIpc) is 2.73. The Labute approximate surface area is 175 Å². The van der Waals surface area contributed by atoms with Gasteiger partial charge in [-0.1, -0.05) is 79.6 Å². The van der Waals surface area contributed by atoms with Gasteiger partial charge in [-0.15, -0.1) is 0 Å². The Morgan fingerprint density at radius 1 is 0.655 bits per heavy atom. The minimum Gasteiger partial charge on any atom is -0.256 e. The minimum atomic E-state index is 0.899. The number of benzene rings is 3. The maximum absolute atomic E-state index is 4.92. The van der Waals surface area contributed by atoms with E-state index in [9.17, 15) is 0 Å². The van der Waals surface area contributed by atoms with Gasteiger partial charge < -0.3 is 0 Å². The summed E-state index contributed by atoms with van der Waals surface area (Å²) >= 11 is 0. The van der Waals surface area contributed by atoms with Crippen LogP contribution in [0, 0.1) is 20.8 Å². The fraction of sp³-hybridized carbons (Fsp3) is 0.259. The second-order valence-electron chi connectivity index (χ2n) is 7.57. The van der Waals surface area contributed by atoms with Crippen molar-refractivity contribution in [2.45, 2.75) is 47.5 Å². The topological polar surface area (TPSA) is 24.7 Å². The third-order valence-corrected chi connectivity index (χ3v) is 5.21. The predicted molar refractivity (Wildman–Crippen MR) is 127 cm³/mol. The van der Waals surface area contributed by atoms with Gasteiger partial charge in [0.05, 0.1) is 11.4 Å². The van der Waals surface area contributed by atoms with Gasteiger partial charge in [0.2, 0.25) is 0 Å². The Balaban J connectivity index is 2.04. The van der Waals surface area contributed by atoms with E-state index < -0.39 is 0 Å². The Hall–Kier alpha value is -3.00. The van der Waals surface area contributed by atoms with E-state index in [2.05, 4.69) is 89.2 Å². The highest BCUT2D eigenvalue weighted by molar-refractivity contribution is 5.86. The summed E-state index contributed by atoms with van der Waals surface area (Å²) in [6.45, 7) is 10.7. The molecule has 29 heavy (non-hydrogen) atoms. The molecule has 0 amide bonds. The Morgan fingerprint density at radius 2 is 1.14 bits per heavy atom. The lowest BCUT2D eigenvalue weighted by Gasteiger charge is -2.15. The first kappa shape index (κ1) is 20.7. The van der Waals surface area contributed by atoms with E-state index in [0.29, 0.717) is 0 Å². The molecule has 0 bridgehead atoms. The molecule has 0 saturated heterocycles. The van der Waals surface area contributed by atoms with E-state index in [-0.39, 0.29) is 0 Å². The molecule has 0 heterocycles. The van der Waals surface area contributed by atoms with Gasteiger partial charge in [0.25, 0.3) is 0 Å². The van der Waals surface area contributed by atoms with Crippen LogP contribution in [-0.2, 0) is 12.8 Å². The van der Waals surface area contributed by atoms with Crippen molar-refractivity contribution in [3.05, 3.63) is 93.5 Å². The first-order chi connectivity index (χ1) is 14.0. The van der Waals surface area contributed by atoms with Crippen LogP contribution in [0.15, 0.2) is 64.6 Å². The van der Waals surface area contributed by atoms with Gasteiger partial charge in [-0.3, -0.25) is 9.98 Å². The van der Waals surface area contributed by atoms with E-state index >= 15 is 0 Å². The molecule has 3 aromatic carbocycles. The zero-order valence-corrected chi connectivity index (χ0v) is 18.2. The van der Waals surface area contributed by atoms with Gasteiger partial charge in [-0.05, 0) is 55.9 Å². The fourth-order valence-corrected chi connectivity index (χ4v) is 3.47. The Morgan fingerprint density at radius 3 is 1.59 bits per heavy atom. The quantitative estimate of drug-likeness (QED) is 0.401. The summed E-state index contributed by atoms with van der Waals surface area (Å²) in [5, 5.41) is 0. The summed E-state index contributed by atoms with van der Waals surface area (Å²) < 4.78 is 0. The van der Waals surface area contributed by atoms with Crippen molar-refractivity contribution < 1.29 is 0 Å². The van der Waals surface area contributed by atoms with Crippen LogP contribution in [0.4, 0.5) is 11.4 Å². The number of aliphatic imine (C=N–C) groups is 2. The zero-order chi connectivity index (χ0) is 20.8. The van der Waals surface area contributed by atoms with Crippen LogP contribution in [0.3, 0.4) is 0 Å². The SMILES string of the molecule is CCc1cc(C)c(/N=C/c2ccc(C)cc2)c(CC)c1/N=C/c1ccc(C)cc1. The summed E-state index contributed by atoms with van der Waals surface area (Å²) in [5.74, 6) is 0. The largest absolute Gasteiger partial charge is 0.256 e. The molecule has 0 aliphatic rings. The summed E-state index contributed by atoms with van der Waals surface area (Å²) in [7, 11) is 0. The van der Waals surface area contributed by atoms with E-state index in [1.165, 1.54) is 27.8 Å². The van der Waals surface area contributed by atoms with Crippen molar-refractivity contribution in [1.82, 2.24) is 0 Å². The molecular formula is C27H30N2. The number of hydrogen-bond donors (Lipinski definition) is 0. The zero-order valence-electron chi connectivity index (χ0n) is 18.2. The normalized spacial score (nSPS) is 11.6. The van der Waals surface area contributed by atoms with E-state index in [1.54, 1.807) is 0 Å². The molecule has 148 valence electrons. The monoisotopic (exact) mass is 382 g/mol. The predicted octanol–water partition coefficient (Wildman–Crippen LogP) is 7.24. The average molecular weight is 383 g/mol. The van der Waals surface area contributed by atoms with Crippen molar-refractivity contribution in [3.8, 4) is 0 Å².